The largest absolute Gasteiger partial charge is 0.342 e. The summed E-state index contributed by atoms with van der Waals surface area (Å²) in [6.07, 6.45) is 3.42. The van der Waals surface area contributed by atoms with Gasteiger partial charge in [0.1, 0.15) is 16.7 Å². The quantitative estimate of drug-likeness (QED) is 0.171. The molecule has 0 aliphatic carbocycles. The number of nitriles is 1. The van der Waals surface area contributed by atoms with E-state index in [-0.39, 0.29) is 22.0 Å². The molecule has 3 aromatic carbocycles. The molecule has 0 spiro atoms. The first-order valence-corrected chi connectivity index (χ1v) is 10.3. The molecule has 0 aliphatic heterocycles. The number of para-hydroxylation sites is 1. The van der Waals surface area contributed by atoms with E-state index in [1.807, 2.05) is 66.9 Å². The second kappa shape index (κ2) is 9.39. The molecule has 4 aromatic rings. The Kier molecular flexibility index (Phi) is 6.20. The number of fused-ring (bicyclic) bond motifs is 1. The first-order valence-electron chi connectivity index (χ1n) is 9.95. The van der Waals surface area contributed by atoms with Crippen LogP contribution in [0.5, 0.6) is 0 Å². The van der Waals surface area contributed by atoms with Crippen molar-refractivity contribution in [3.8, 4) is 6.07 Å². The minimum Gasteiger partial charge on any atom is -0.342 e. The molecule has 4 rings (SSSR count). The van der Waals surface area contributed by atoms with Crippen LogP contribution in [0.4, 0.5) is 11.4 Å². The smallest absolute Gasteiger partial charge is 0.289 e. The van der Waals surface area contributed by atoms with Gasteiger partial charge in [-0.1, -0.05) is 60.1 Å². The predicted molar refractivity (Wildman–Crippen MR) is 128 cm³/mol. The van der Waals surface area contributed by atoms with Gasteiger partial charge in [0, 0.05) is 41.0 Å². The summed E-state index contributed by atoms with van der Waals surface area (Å²) in [5, 5.41) is 24.1. The molecule has 0 aliphatic rings. The number of benzene rings is 3. The van der Waals surface area contributed by atoms with Gasteiger partial charge in [-0.15, -0.1) is 0 Å². The average Bonchev–Trinajstić information content (AvgIpc) is 3.16. The first-order chi connectivity index (χ1) is 16.0. The van der Waals surface area contributed by atoms with Crippen molar-refractivity contribution in [2.45, 2.75) is 6.54 Å². The molecule has 1 N–H and O–H groups in total. The van der Waals surface area contributed by atoms with Crippen molar-refractivity contribution in [2.75, 3.05) is 5.32 Å². The second-order valence-corrected chi connectivity index (χ2v) is 7.67. The van der Waals surface area contributed by atoms with E-state index in [0.29, 0.717) is 6.54 Å². The van der Waals surface area contributed by atoms with E-state index in [1.54, 1.807) is 0 Å². The van der Waals surface area contributed by atoms with E-state index >= 15 is 0 Å². The Morgan fingerprint density at radius 1 is 1.12 bits per heavy atom. The SMILES string of the molecule is N#C/C(=C\c1cn(Cc2ccccc2)c2ccccc12)C(=O)Nc1ccc(Cl)c([N+](=O)[O-])c1. The fourth-order valence-electron chi connectivity index (χ4n) is 3.53. The van der Waals surface area contributed by atoms with Crippen molar-refractivity contribution in [1.29, 1.82) is 5.26 Å². The van der Waals surface area contributed by atoms with Crippen LogP contribution in [-0.4, -0.2) is 15.4 Å². The second-order valence-electron chi connectivity index (χ2n) is 7.26. The molecule has 0 radical (unpaired) electrons. The lowest BCUT2D eigenvalue weighted by atomic mass is 10.1. The summed E-state index contributed by atoms with van der Waals surface area (Å²) < 4.78 is 2.06. The summed E-state index contributed by atoms with van der Waals surface area (Å²) in [6, 6.07) is 23.5. The lowest BCUT2D eigenvalue weighted by Gasteiger charge is -2.05. The number of nitro groups is 1. The van der Waals surface area contributed by atoms with Gasteiger partial charge in [-0.3, -0.25) is 14.9 Å². The Balaban J connectivity index is 1.66. The van der Waals surface area contributed by atoms with Crippen molar-refractivity contribution >= 4 is 45.9 Å². The maximum atomic E-state index is 12.7. The third-order valence-corrected chi connectivity index (χ3v) is 5.40. The molecule has 1 aromatic heterocycles. The van der Waals surface area contributed by atoms with Crippen LogP contribution in [0.15, 0.2) is 84.6 Å². The Bertz CT molecular complexity index is 1440. The number of rotatable bonds is 6. The Hall–Kier alpha value is -4.41. The van der Waals surface area contributed by atoms with Gasteiger partial charge in [0.05, 0.1) is 4.92 Å². The molecule has 33 heavy (non-hydrogen) atoms. The van der Waals surface area contributed by atoms with Crippen LogP contribution in [-0.2, 0) is 11.3 Å². The van der Waals surface area contributed by atoms with Gasteiger partial charge < -0.3 is 9.88 Å². The topological polar surface area (TPSA) is 101 Å². The van der Waals surface area contributed by atoms with E-state index < -0.39 is 10.8 Å². The Morgan fingerprint density at radius 3 is 2.58 bits per heavy atom. The van der Waals surface area contributed by atoms with Gasteiger partial charge in [0.2, 0.25) is 0 Å². The molecule has 1 heterocycles. The van der Waals surface area contributed by atoms with E-state index in [2.05, 4.69) is 9.88 Å². The maximum Gasteiger partial charge on any atom is 0.289 e. The fraction of sp³-hybridized carbons (Fsp3) is 0.0400. The van der Waals surface area contributed by atoms with Crippen LogP contribution >= 0.6 is 11.6 Å². The lowest BCUT2D eigenvalue weighted by molar-refractivity contribution is -0.384. The molecule has 7 nitrogen and oxygen atoms in total. The third-order valence-electron chi connectivity index (χ3n) is 5.08. The highest BCUT2D eigenvalue weighted by Gasteiger charge is 2.16. The third kappa shape index (κ3) is 4.76. The molecule has 0 saturated carbocycles. The number of hydrogen-bond acceptors (Lipinski definition) is 4. The highest BCUT2D eigenvalue weighted by molar-refractivity contribution is 6.32. The van der Waals surface area contributed by atoms with E-state index in [4.69, 9.17) is 11.6 Å². The zero-order valence-electron chi connectivity index (χ0n) is 17.2. The standard InChI is InChI=1S/C25H17ClN4O3/c26-22-11-10-20(13-24(22)30(32)33)28-25(31)18(14-27)12-19-16-29(15-17-6-2-1-3-7-17)23-9-5-4-8-21(19)23/h1-13,16H,15H2,(H,28,31)/b18-12+. The number of amides is 1. The molecule has 0 atom stereocenters. The molecule has 0 bridgehead atoms. The summed E-state index contributed by atoms with van der Waals surface area (Å²) in [6.45, 7) is 0.637. The highest BCUT2D eigenvalue weighted by atomic mass is 35.5. The fourth-order valence-corrected chi connectivity index (χ4v) is 3.72. The molecule has 1 amide bonds. The van der Waals surface area contributed by atoms with Gasteiger partial charge in [-0.05, 0) is 29.8 Å². The van der Waals surface area contributed by atoms with Crippen molar-refractivity contribution in [1.82, 2.24) is 4.57 Å². The number of nitrogens with zero attached hydrogens (tertiary/aromatic N) is 3. The van der Waals surface area contributed by atoms with Crippen LogP contribution in [0.25, 0.3) is 17.0 Å². The molecule has 8 heteroatoms. The van der Waals surface area contributed by atoms with E-state index in [9.17, 15) is 20.2 Å². The van der Waals surface area contributed by atoms with Crippen LogP contribution in [0.2, 0.25) is 5.02 Å². The normalized spacial score (nSPS) is 11.2. The van der Waals surface area contributed by atoms with Crippen molar-refractivity contribution < 1.29 is 9.72 Å². The number of halogens is 1. The maximum absolute atomic E-state index is 12.7. The predicted octanol–water partition coefficient (Wildman–Crippen LogP) is 5.80. The number of nitrogens with one attached hydrogen (secondary N) is 1. The first kappa shape index (κ1) is 21.8. The zero-order valence-corrected chi connectivity index (χ0v) is 18.0. The molecule has 0 unspecified atom stereocenters. The summed E-state index contributed by atoms with van der Waals surface area (Å²) >= 11 is 5.82. The van der Waals surface area contributed by atoms with Crippen molar-refractivity contribution in [2.24, 2.45) is 0 Å². The van der Waals surface area contributed by atoms with E-state index in [1.165, 1.54) is 18.2 Å². The summed E-state index contributed by atoms with van der Waals surface area (Å²) in [5.74, 6) is -0.672. The monoisotopic (exact) mass is 456 g/mol. The van der Waals surface area contributed by atoms with Crippen LogP contribution < -0.4 is 5.32 Å². The molecular formula is C25H17ClN4O3. The van der Waals surface area contributed by atoms with Crippen molar-refractivity contribution in [3.05, 3.63) is 111 Å². The van der Waals surface area contributed by atoms with Gasteiger partial charge >= 0.3 is 0 Å². The highest BCUT2D eigenvalue weighted by Crippen LogP contribution is 2.28. The number of anilines is 1. The number of carbonyl (C=O) groups is 1. The van der Waals surface area contributed by atoms with Crippen molar-refractivity contribution in [3.63, 3.8) is 0 Å². The van der Waals surface area contributed by atoms with Crippen LogP contribution in [0, 0.1) is 21.4 Å². The van der Waals surface area contributed by atoms with Gasteiger partial charge in [0.25, 0.3) is 11.6 Å². The number of hydrogen-bond donors (Lipinski definition) is 1. The van der Waals surface area contributed by atoms with Crippen LogP contribution in [0.1, 0.15) is 11.1 Å². The summed E-state index contributed by atoms with van der Waals surface area (Å²) in [4.78, 5) is 23.2. The minimum absolute atomic E-state index is 0.0414. The molecule has 162 valence electrons. The van der Waals surface area contributed by atoms with Gasteiger partial charge in [-0.25, -0.2) is 0 Å². The summed E-state index contributed by atoms with van der Waals surface area (Å²) in [7, 11) is 0. The lowest BCUT2D eigenvalue weighted by Crippen LogP contribution is -2.13. The molecule has 0 fully saturated rings. The Labute approximate surface area is 194 Å². The minimum atomic E-state index is -0.672. The Morgan fingerprint density at radius 2 is 1.85 bits per heavy atom. The number of aromatic nitrogens is 1. The number of nitro benzene ring substituents is 1. The molecular weight excluding hydrogens is 440 g/mol. The van der Waals surface area contributed by atoms with Gasteiger partial charge in [-0.2, -0.15) is 5.26 Å². The van der Waals surface area contributed by atoms with E-state index in [0.717, 1.165) is 28.1 Å². The number of carbonyl (C=O) groups excluding carboxylic acids is 1. The zero-order chi connectivity index (χ0) is 23.4. The summed E-state index contributed by atoms with van der Waals surface area (Å²) in [5.41, 5.74) is 2.52. The van der Waals surface area contributed by atoms with Gasteiger partial charge in [0.15, 0.2) is 0 Å². The van der Waals surface area contributed by atoms with Crippen LogP contribution in [0.3, 0.4) is 0 Å². The molecule has 0 saturated heterocycles. The average molecular weight is 457 g/mol.